The monoisotopic (exact) mass is 366 g/mol. The van der Waals surface area contributed by atoms with Gasteiger partial charge in [-0.1, -0.05) is 12.8 Å². The van der Waals surface area contributed by atoms with Crippen LogP contribution in [0.25, 0.3) is 0 Å². The molecule has 0 aromatic heterocycles. The number of carbonyl (C=O) groups excluding carboxylic acids is 3. The molecular formula is C22H26N2O3. The van der Waals surface area contributed by atoms with E-state index in [2.05, 4.69) is 0 Å². The van der Waals surface area contributed by atoms with Crippen molar-refractivity contribution >= 4 is 23.4 Å². The molecule has 2 aliphatic heterocycles. The van der Waals surface area contributed by atoms with Gasteiger partial charge in [-0.05, 0) is 68.2 Å². The summed E-state index contributed by atoms with van der Waals surface area (Å²) in [6.45, 7) is 1.63. The van der Waals surface area contributed by atoms with Gasteiger partial charge in [-0.15, -0.1) is 0 Å². The Bertz CT molecular complexity index is 751. The summed E-state index contributed by atoms with van der Waals surface area (Å²) in [5.41, 5.74) is 1.26. The van der Waals surface area contributed by atoms with Gasteiger partial charge in [-0.25, -0.2) is 0 Å². The second-order valence-electron chi connectivity index (χ2n) is 8.65. The molecule has 2 saturated carbocycles. The average molecular weight is 366 g/mol. The smallest absolute Gasteiger partial charge is 0.253 e. The van der Waals surface area contributed by atoms with Crippen molar-refractivity contribution in [1.29, 1.82) is 0 Å². The van der Waals surface area contributed by atoms with E-state index in [4.69, 9.17) is 0 Å². The standard InChI is InChI=1S/C22H26N2O3/c25-20(23-11-3-1-2-4-12-23)14-7-9-17(10-8-14)24-21(26)18-15-5-6-16(13-15)19(18)22(24)27/h7-10,15-16,18-19H,1-6,11-13H2/t15-,16+,18-,19+. The highest BCUT2D eigenvalue weighted by molar-refractivity contribution is 6.22. The first kappa shape index (κ1) is 17.0. The van der Waals surface area contributed by atoms with Crippen molar-refractivity contribution in [2.24, 2.45) is 23.7 Å². The van der Waals surface area contributed by atoms with Crippen LogP contribution < -0.4 is 4.90 Å². The average Bonchev–Trinajstić information content (AvgIpc) is 3.28. The number of carbonyl (C=O) groups is 3. The highest BCUT2D eigenvalue weighted by Gasteiger charge is 2.61. The SMILES string of the molecule is O=C(c1ccc(N2C(=O)[C@@H]3[C@@H]4CC[C@@H](C4)[C@@H]3C2=O)cc1)N1CCCCCC1. The van der Waals surface area contributed by atoms with E-state index in [0.717, 1.165) is 45.2 Å². The molecule has 2 heterocycles. The largest absolute Gasteiger partial charge is 0.339 e. The van der Waals surface area contributed by atoms with Crippen LogP contribution in [0.2, 0.25) is 0 Å². The maximum atomic E-state index is 12.9. The Morgan fingerprint density at radius 1 is 0.815 bits per heavy atom. The predicted molar refractivity (Wildman–Crippen MR) is 101 cm³/mol. The molecule has 5 rings (SSSR count). The van der Waals surface area contributed by atoms with E-state index >= 15 is 0 Å². The predicted octanol–water partition coefficient (Wildman–Crippen LogP) is 3.24. The maximum absolute atomic E-state index is 12.9. The lowest BCUT2D eigenvalue weighted by atomic mass is 9.81. The molecule has 4 fully saturated rings. The van der Waals surface area contributed by atoms with Crippen LogP contribution in [0.15, 0.2) is 24.3 Å². The van der Waals surface area contributed by atoms with Crippen LogP contribution in [-0.4, -0.2) is 35.7 Å². The van der Waals surface area contributed by atoms with Crippen LogP contribution in [0.1, 0.15) is 55.3 Å². The molecule has 2 saturated heterocycles. The van der Waals surface area contributed by atoms with Crippen LogP contribution in [-0.2, 0) is 9.59 Å². The minimum absolute atomic E-state index is 0.0243. The molecule has 0 unspecified atom stereocenters. The van der Waals surface area contributed by atoms with Gasteiger partial charge in [0.25, 0.3) is 5.91 Å². The van der Waals surface area contributed by atoms with Crippen molar-refractivity contribution in [1.82, 2.24) is 4.90 Å². The fourth-order valence-electron chi connectivity index (χ4n) is 5.87. The Balaban J connectivity index is 1.35. The molecule has 27 heavy (non-hydrogen) atoms. The van der Waals surface area contributed by atoms with Crippen molar-refractivity contribution in [3.8, 4) is 0 Å². The van der Waals surface area contributed by atoms with Gasteiger partial charge in [0.15, 0.2) is 0 Å². The molecule has 1 aromatic carbocycles. The van der Waals surface area contributed by atoms with Gasteiger partial charge in [-0.3, -0.25) is 19.3 Å². The van der Waals surface area contributed by atoms with Gasteiger partial charge in [0.1, 0.15) is 0 Å². The number of hydrogen-bond donors (Lipinski definition) is 0. The van der Waals surface area contributed by atoms with E-state index in [1.165, 1.54) is 17.7 Å². The molecule has 0 radical (unpaired) electrons. The van der Waals surface area contributed by atoms with Crippen molar-refractivity contribution in [2.45, 2.75) is 44.9 Å². The molecule has 5 nitrogen and oxygen atoms in total. The first-order chi connectivity index (χ1) is 13.1. The van der Waals surface area contributed by atoms with Gasteiger partial charge >= 0.3 is 0 Å². The van der Waals surface area contributed by atoms with Crippen LogP contribution in [0.3, 0.4) is 0 Å². The first-order valence-corrected chi connectivity index (χ1v) is 10.4. The lowest BCUT2D eigenvalue weighted by molar-refractivity contribution is -0.123. The summed E-state index contributed by atoms with van der Waals surface area (Å²) in [5, 5.41) is 0. The summed E-state index contributed by atoms with van der Waals surface area (Å²) < 4.78 is 0. The third-order valence-electron chi connectivity index (χ3n) is 7.19. The fourth-order valence-corrected chi connectivity index (χ4v) is 5.87. The molecule has 4 aliphatic rings. The molecule has 142 valence electrons. The number of imide groups is 1. The lowest BCUT2D eigenvalue weighted by Gasteiger charge is -2.21. The Kier molecular flexibility index (Phi) is 4.06. The topological polar surface area (TPSA) is 57.7 Å². The number of rotatable bonds is 2. The number of amides is 3. The van der Waals surface area contributed by atoms with E-state index in [-0.39, 0.29) is 29.6 Å². The van der Waals surface area contributed by atoms with Crippen molar-refractivity contribution in [3.05, 3.63) is 29.8 Å². The molecule has 0 spiro atoms. The zero-order valence-electron chi connectivity index (χ0n) is 15.6. The lowest BCUT2D eigenvalue weighted by Crippen LogP contribution is -2.33. The number of fused-ring (bicyclic) bond motifs is 5. The van der Waals surface area contributed by atoms with Crippen LogP contribution in [0.5, 0.6) is 0 Å². The Hall–Kier alpha value is -2.17. The van der Waals surface area contributed by atoms with Gasteiger partial charge < -0.3 is 4.90 Å². The third-order valence-corrected chi connectivity index (χ3v) is 7.19. The highest BCUT2D eigenvalue weighted by atomic mass is 16.2. The zero-order valence-corrected chi connectivity index (χ0v) is 15.6. The van der Waals surface area contributed by atoms with E-state index in [1.54, 1.807) is 24.3 Å². The Morgan fingerprint density at radius 3 is 1.93 bits per heavy atom. The minimum Gasteiger partial charge on any atom is -0.339 e. The van der Waals surface area contributed by atoms with Crippen LogP contribution in [0, 0.1) is 23.7 Å². The number of anilines is 1. The van der Waals surface area contributed by atoms with Gasteiger partial charge in [0, 0.05) is 18.7 Å². The molecular weight excluding hydrogens is 340 g/mol. The molecule has 3 amide bonds. The maximum Gasteiger partial charge on any atom is 0.253 e. The summed E-state index contributed by atoms with van der Waals surface area (Å²) >= 11 is 0. The third kappa shape index (κ3) is 2.62. The van der Waals surface area contributed by atoms with Gasteiger partial charge in [-0.2, -0.15) is 0 Å². The number of benzene rings is 1. The molecule has 4 atom stereocenters. The summed E-state index contributed by atoms with van der Waals surface area (Å²) in [4.78, 5) is 41.9. The quantitative estimate of drug-likeness (QED) is 0.755. The van der Waals surface area contributed by atoms with Crippen molar-refractivity contribution < 1.29 is 14.4 Å². The number of hydrogen-bond acceptors (Lipinski definition) is 3. The number of nitrogens with zero attached hydrogens (tertiary/aromatic N) is 2. The molecule has 1 aromatic rings. The van der Waals surface area contributed by atoms with Gasteiger partial charge in [0.2, 0.25) is 11.8 Å². The second kappa shape index (κ2) is 6.47. The summed E-state index contributed by atoms with van der Waals surface area (Å²) in [5.74, 6) is 0.588. The van der Waals surface area contributed by atoms with Crippen molar-refractivity contribution in [2.75, 3.05) is 18.0 Å². The minimum atomic E-state index is -0.102. The Labute approximate surface area is 159 Å². The van der Waals surface area contributed by atoms with Crippen molar-refractivity contribution in [3.63, 3.8) is 0 Å². The number of likely N-dealkylation sites (tertiary alicyclic amines) is 1. The Morgan fingerprint density at radius 2 is 1.37 bits per heavy atom. The van der Waals surface area contributed by atoms with Crippen LogP contribution in [0.4, 0.5) is 5.69 Å². The summed E-state index contributed by atoms with van der Waals surface area (Å²) in [6.07, 6.45) is 7.71. The fraction of sp³-hybridized carbons (Fsp3) is 0.591. The van der Waals surface area contributed by atoms with E-state index < -0.39 is 0 Å². The molecule has 5 heteroatoms. The van der Waals surface area contributed by atoms with E-state index in [0.29, 0.717) is 23.1 Å². The zero-order chi connectivity index (χ0) is 18.5. The summed E-state index contributed by atoms with van der Waals surface area (Å²) in [7, 11) is 0. The normalized spacial score (nSPS) is 32.7. The molecule has 2 aliphatic carbocycles. The first-order valence-electron chi connectivity index (χ1n) is 10.4. The highest BCUT2D eigenvalue weighted by Crippen LogP contribution is 2.56. The molecule has 0 N–H and O–H groups in total. The summed E-state index contributed by atoms with van der Waals surface area (Å²) in [6, 6.07) is 7.07. The molecule has 2 bridgehead atoms. The van der Waals surface area contributed by atoms with Crippen LogP contribution >= 0.6 is 0 Å². The van der Waals surface area contributed by atoms with Gasteiger partial charge in [0.05, 0.1) is 17.5 Å². The van der Waals surface area contributed by atoms with E-state index in [1.807, 2.05) is 4.90 Å². The second-order valence-corrected chi connectivity index (χ2v) is 8.65. The van der Waals surface area contributed by atoms with E-state index in [9.17, 15) is 14.4 Å².